The van der Waals surface area contributed by atoms with Gasteiger partial charge in [-0.1, -0.05) is 29.4 Å². The van der Waals surface area contributed by atoms with Gasteiger partial charge in [0.2, 0.25) is 0 Å². The summed E-state index contributed by atoms with van der Waals surface area (Å²) >= 11 is 0. The van der Waals surface area contributed by atoms with E-state index in [1.54, 1.807) is 18.2 Å². The first-order valence-electron chi connectivity index (χ1n) is 10.9. The first-order chi connectivity index (χ1) is 18.2. The number of benzene rings is 4. The summed E-state index contributed by atoms with van der Waals surface area (Å²) in [6.45, 7) is 0. The molecule has 0 fully saturated rings. The maximum Gasteiger partial charge on any atom is 0.270 e. The van der Waals surface area contributed by atoms with Crippen LogP contribution in [0.25, 0.3) is 22.3 Å². The minimum Gasteiger partial charge on any atom is -0.410 e. The van der Waals surface area contributed by atoms with Crippen molar-refractivity contribution in [2.24, 2.45) is 5.16 Å². The van der Waals surface area contributed by atoms with Gasteiger partial charge in [-0.05, 0) is 40.5 Å². The molecule has 0 bridgehead atoms. The number of fused-ring (bicyclic) bond motifs is 6. The third-order valence-corrected chi connectivity index (χ3v) is 6.25. The molecule has 0 aliphatic heterocycles. The fourth-order valence-corrected chi connectivity index (χ4v) is 4.54. The van der Waals surface area contributed by atoms with Gasteiger partial charge in [-0.25, -0.2) is 0 Å². The quantitative estimate of drug-likeness (QED) is 0.184. The molecule has 0 heterocycles. The van der Waals surface area contributed by atoms with E-state index in [1.807, 2.05) is 12.1 Å². The molecule has 12 nitrogen and oxygen atoms in total. The summed E-state index contributed by atoms with van der Waals surface area (Å²) in [5.74, 6) is -0.140. The molecule has 0 amide bonds. The molecule has 2 aliphatic carbocycles. The molecule has 0 radical (unpaired) electrons. The molecule has 6 rings (SSSR count). The van der Waals surface area contributed by atoms with Gasteiger partial charge in [0.15, 0.2) is 5.78 Å². The number of ketones is 1. The Labute approximate surface area is 212 Å². The van der Waals surface area contributed by atoms with Gasteiger partial charge in [0.1, 0.15) is 5.71 Å². The van der Waals surface area contributed by atoms with Gasteiger partial charge in [0.25, 0.3) is 17.1 Å². The minimum absolute atomic E-state index is 0.0510. The summed E-state index contributed by atoms with van der Waals surface area (Å²) in [4.78, 5) is 42.8. The SMILES string of the molecule is O=C1c2ccccc2-c2ccc([N+](=O)[O-])cc21.O=[N+]([O-])c1ccc2c(c1)C(=NO)c1cc([N+](=O)[O-])ccc1-2. The number of rotatable bonds is 3. The second kappa shape index (κ2) is 9.02. The number of nitrogens with zero attached hydrogens (tertiary/aromatic N) is 4. The van der Waals surface area contributed by atoms with E-state index < -0.39 is 14.8 Å². The van der Waals surface area contributed by atoms with Crippen molar-refractivity contribution in [3.8, 4) is 22.3 Å². The van der Waals surface area contributed by atoms with Gasteiger partial charge >= 0.3 is 0 Å². The number of hydrogen-bond acceptors (Lipinski definition) is 9. The Morgan fingerprint density at radius 3 is 1.32 bits per heavy atom. The number of nitro groups is 3. The van der Waals surface area contributed by atoms with Crippen molar-refractivity contribution in [3.05, 3.63) is 131 Å². The number of hydrogen-bond donors (Lipinski definition) is 1. The van der Waals surface area contributed by atoms with Crippen LogP contribution in [0.3, 0.4) is 0 Å². The largest absolute Gasteiger partial charge is 0.410 e. The van der Waals surface area contributed by atoms with E-state index in [4.69, 9.17) is 5.21 Å². The zero-order valence-electron chi connectivity index (χ0n) is 19.1. The highest BCUT2D eigenvalue weighted by Crippen LogP contribution is 2.40. The molecule has 1 N–H and O–H groups in total. The van der Waals surface area contributed by atoms with Crippen molar-refractivity contribution in [1.82, 2.24) is 0 Å². The van der Waals surface area contributed by atoms with Gasteiger partial charge in [-0.15, -0.1) is 0 Å². The summed E-state index contributed by atoms with van der Waals surface area (Å²) < 4.78 is 0. The molecule has 4 aromatic carbocycles. The molecular weight excluding hydrogens is 496 g/mol. The molecule has 186 valence electrons. The van der Waals surface area contributed by atoms with E-state index in [-0.39, 0.29) is 28.6 Å². The van der Waals surface area contributed by atoms with E-state index in [9.17, 15) is 35.1 Å². The van der Waals surface area contributed by atoms with Gasteiger partial charge in [-0.2, -0.15) is 0 Å². The maximum atomic E-state index is 12.0. The van der Waals surface area contributed by atoms with Crippen molar-refractivity contribution >= 4 is 28.6 Å². The Bertz CT molecular complexity index is 1680. The molecule has 0 aromatic heterocycles. The second-order valence-electron chi connectivity index (χ2n) is 8.28. The first-order valence-corrected chi connectivity index (χ1v) is 10.9. The van der Waals surface area contributed by atoms with Crippen LogP contribution in [-0.2, 0) is 0 Å². The average molecular weight is 510 g/mol. The zero-order chi connectivity index (χ0) is 27.1. The lowest BCUT2D eigenvalue weighted by Crippen LogP contribution is -2.00. The Morgan fingerprint density at radius 1 is 0.526 bits per heavy atom. The van der Waals surface area contributed by atoms with Gasteiger partial charge in [0.05, 0.1) is 14.8 Å². The Kier molecular flexibility index (Phi) is 5.68. The third kappa shape index (κ3) is 3.82. The van der Waals surface area contributed by atoms with E-state index in [0.717, 1.165) is 11.1 Å². The lowest BCUT2D eigenvalue weighted by atomic mass is 10.1. The summed E-state index contributed by atoms with van der Waals surface area (Å²) in [7, 11) is 0. The van der Waals surface area contributed by atoms with E-state index in [0.29, 0.717) is 33.4 Å². The fourth-order valence-electron chi connectivity index (χ4n) is 4.54. The van der Waals surface area contributed by atoms with Crippen LogP contribution in [0.15, 0.2) is 84.0 Å². The molecule has 12 heteroatoms. The molecule has 0 atom stereocenters. The standard InChI is InChI=1S/C13H7N3O5.C13H7NO3/c17-14-13-11-5-7(15(18)19)1-3-9(11)10-4-2-8(16(20)21)6-12(10)13;15-13-11-4-2-1-3-9(11)10-6-5-8(14(16)17)7-12(10)13/h1-6,17H;1-7H. The number of non-ortho nitro benzene ring substituents is 3. The highest BCUT2D eigenvalue weighted by Gasteiger charge is 2.30. The van der Waals surface area contributed by atoms with Gasteiger partial charge in [-0.3, -0.25) is 35.1 Å². The normalized spacial score (nSPS) is 11.9. The zero-order valence-corrected chi connectivity index (χ0v) is 19.1. The second-order valence-corrected chi connectivity index (χ2v) is 8.28. The van der Waals surface area contributed by atoms with Gasteiger partial charge < -0.3 is 5.21 Å². The van der Waals surface area contributed by atoms with Crippen molar-refractivity contribution in [2.45, 2.75) is 0 Å². The van der Waals surface area contributed by atoms with Crippen LogP contribution in [0.2, 0.25) is 0 Å². The smallest absolute Gasteiger partial charge is 0.270 e. The van der Waals surface area contributed by atoms with Crippen LogP contribution >= 0.6 is 0 Å². The summed E-state index contributed by atoms with van der Waals surface area (Å²) in [5, 5.41) is 44.6. The van der Waals surface area contributed by atoms with Crippen molar-refractivity contribution in [2.75, 3.05) is 0 Å². The number of carbonyl (C=O) groups is 1. The van der Waals surface area contributed by atoms with E-state index in [1.165, 1.54) is 48.5 Å². The maximum absolute atomic E-state index is 12.0. The van der Waals surface area contributed by atoms with Crippen LogP contribution in [-0.4, -0.2) is 31.5 Å². The van der Waals surface area contributed by atoms with E-state index >= 15 is 0 Å². The molecular formula is C26H14N4O8. The van der Waals surface area contributed by atoms with Crippen LogP contribution in [0.1, 0.15) is 27.0 Å². The Morgan fingerprint density at radius 2 is 0.895 bits per heavy atom. The van der Waals surface area contributed by atoms with E-state index in [2.05, 4.69) is 5.16 Å². The molecule has 38 heavy (non-hydrogen) atoms. The Balaban J connectivity index is 0.000000158. The number of oxime groups is 1. The molecule has 0 spiro atoms. The number of nitro benzene ring substituents is 3. The lowest BCUT2D eigenvalue weighted by Gasteiger charge is -1.99. The Hall–Kier alpha value is -5.78. The fraction of sp³-hybridized carbons (Fsp3) is 0. The number of carbonyl (C=O) groups excluding carboxylic acids is 1. The predicted molar refractivity (Wildman–Crippen MR) is 135 cm³/mol. The van der Waals surface area contributed by atoms with Crippen molar-refractivity contribution < 1.29 is 24.8 Å². The highest BCUT2D eigenvalue weighted by molar-refractivity contribution is 6.25. The third-order valence-electron chi connectivity index (χ3n) is 6.25. The van der Waals surface area contributed by atoms with Gasteiger partial charge in [0, 0.05) is 58.7 Å². The average Bonchev–Trinajstić information content (AvgIpc) is 3.39. The van der Waals surface area contributed by atoms with Crippen molar-refractivity contribution in [3.63, 3.8) is 0 Å². The monoisotopic (exact) mass is 510 g/mol. The minimum atomic E-state index is -0.555. The molecule has 4 aromatic rings. The first kappa shape index (κ1) is 23.9. The van der Waals surface area contributed by atoms with Crippen LogP contribution in [0, 0.1) is 30.3 Å². The van der Waals surface area contributed by atoms with Crippen LogP contribution in [0.5, 0.6) is 0 Å². The predicted octanol–water partition coefficient (Wildman–Crippen LogP) is 5.52. The summed E-state index contributed by atoms with van der Waals surface area (Å²) in [5.41, 5.74) is 4.44. The molecule has 0 saturated carbocycles. The summed E-state index contributed by atoms with van der Waals surface area (Å²) in [6, 6.07) is 20.0. The summed E-state index contributed by atoms with van der Waals surface area (Å²) in [6.07, 6.45) is 0. The molecule has 0 unspecified atom stereocenters. The molecule has 2 aliphatic rings. The highest BCUT2D eigenvalue weighted by atomic mass is 16.6. The topological polar surface area (TPSA) is 179 Å². The molecule has 0 saturated heterocycles. The van der Waals surface area contributed by atoms with Crippen molar-refractivity contribution in [1.29, 1.82) is 0 Å². The lowest BCUT2D eigenvalue weighted by molar-refractivity contribution is -0.385. The van der Waals surface area contributed by atoms with Crippen LogP contribution in [0.4, 0.5) is 17.1 Å². The van der Waals surface area contributed by atoms with Crippen LogP contribution < -0.4 is 0 Å².